The molecule has 0 atom stereocenters. The maximum Gasteiger partial charge on any atom is 0.125 e. The average molecular weight is 274 g/mol. The number of benzene rings is 1. The fourth-order valence-corrected chi connectivity index (χ4v) is 5.15. The smallest absolute Gasteiger partial charge is 0.125 e. The molecule has 0 saturated carbocycles. The second kappa shape index (κ2) is 3.68. The Bertz CT molecular complexity index is 536. The van der Waals surface area contributed by atoms with Gasteiger partial charge in [-0.25, -0.2) is 0 Å². The van der Waals surface area contributed by atoms with Crippen molar-refractivity contribution in [1.82, 2.24) is 9.80 Å². The molecule has 0 aliphatic carbocycles. The van der Waals surface area contributed by atoms with E-state index >= 15 is 0 Å². The highest BCUT2D eigenvalue weighted by atomic mass is 16.3. The molecule has 20 heavy (non-hydrogen) atoms. The largest absolute Gasteiger partial charge is 0.508 e. The Morgan fingerprint density at radius 3 is 2.05 bits per heavy atom. The van der Waals surface area contributed by atoms with Crippen molar-refractivity contribution >= 4 is 0 Å². The van der Waals surface area contributed by atoms with Crippen LogP contribution < -0.4 is 0 Å². The van der Waals surface area contributed by atoms with Crippen LogP contribution in [0.5, 0.6) is 11.5 Å². The number of rotatable bonds is 1. The molecule has 4 nitrogen and oxygen atoms in total. The average Bonchev–Trinajstić information content (AvgIpc) is 2.27. The number of nitrogens with zero attached hydrogens (tertiary/aromatic N) is 2. The zero-order valence-corrected chi connectivity index (χ0v) is 12.1. The maximum absolute atomic E-state index is 10.2. The van der Waals surface area contributed by atoms with Gasteiger partial charge in [0.1, 0.15) is 11.5 Å². The quantitative estimate of drug-likeness (QED) is 0.823. The van der Waals surface area contributed by atoms with Crippen LogP contribution >= 0.6 is 0 Å². The normalized spacial score (nSPS) is 45.8. The zero-order valence-electron chi connectivity index (χ0n) is 12.1. The van der Waals surface area contributed by atoms with Crippen molar-refractivity contribution in [1.29, 1.82) is 0 Å². The summed E-state index contributed by atoms with van der Waals surface area (Å²) in [6.45, 7) is 9.18. The van der Waals surface area contributed by atoms with Crippen molar-refractivity contribution in [3.63, 3.8) is 0 Å². The van der Waals surface area contributed by atoms with Crippen LogP contribution in [0.2, 0.25) is 0 Å². The third-order valence-corrected chi connectivity index (χ3v) is 5.18. The first-order valence-corrected chi connectivity index (χ1v) is 7.38. The Hall–Kier alpha value is -1.26. The number of piperidine rings is 2. The minimum atomic E-state index is 0.124. The summed E-state index contributed by atoms with van der Waals surface area (Å²) in [6, 6.07) is 4.99. The van der Waals surface area contributed by atoms with Gasteiger partial charge in [0.25, 0.3) is 0 Å². The van der Waals surface area contributed by atoms with Crippen molar-refractivity contribution in [3.8, 4) is 11.5 Å². The molecule has 1 aromatic rings. The number of hydrogen-bond acceptors (Lipinski definition) is 4. The molecule has 0 radical (unpaired) electrons. The van der Waals surface area contributed by atoms with Crippen LogP contribution in [0.15, 0.2) is 18.2 Å². The molecule has 4 aliphatic rings. The van der Waals surface area contributed by atoms with Crippen molar-refractivity contribution in [2.24, 2.45) is 10.8 Å². The summed E-state index contributed by atoms with van der Waals surface area (Å²) in [5.41, 5.74) is 1.69. The molecule has 4 heterocycles. The lowest BCUT2D eigenvalue weighted by Gasteiger charge is -2.66. The SMILES string of the molecule is CC12CN3CC(C)(CN(C1)C3c1ccc(O)cc1O)C2. The molecule has 2 N–H and O–H groups in total. The number of phenols is 2. The van der Waals surface area contributed by atoms with E-state index in [9.17, 15) is 10.2 Å². The topological polar surface area (TPSA) is 46.9 Å². The van der Waals surface area contributed by atoms with E-state index in [2.05, 4.69) is 23.6 Å². The van der Waals surface area contributed by atoms with E-state index < -0.39 is 0 Å². The van der Waals surface area contributed by atoms with Crippen LogP contribution in [-0.4, -0.2) is 46.2 Å². The van der Waals surface area contributed by atoms with Crippen molar-refractivity contribution in [3.05, 3.63) is 23.8 Å². The van der Waals surface area contributed by atoms with Crippen molar-refractivity contribution < 1.29 is 10.2 Å². The lowest BCUT2D eigenvalue weighted by molar-refractivity contribution is -0.194. The molecular weight excluding hydrogens is 252 g/mol. The molecule has 0 spiro atoms. The summed E-state index contributed by atoms with van der Waals surface area (Å²) in [4.78, 5) is 5.01. The van der Waals surface area contributed by atoms with Gasteiger partial charge in [-0.3, -0.25) is 9.80 Å². The second-order valence-corrected chi connectivity index (χ2v) is 7.72. The summed E-state index contributed by atoms with van der Waals surface area (Å²) in [6.07, 6.45) is 1.47. The molecule has 0 amide bonds. The molecule has 0 aromatic heterocycles. The summed E-state index contributed by atoms with van der Waals surface area (Å²) in [5.74, 6) is 0.330. The molecule has 4 bridgehead atoms. The van der Waals surface area contributed by atoms with Gasteiger partial charge in [-0.2, -0.15) is 0 Å². The van der Waals surface area contributed by atoms with Gasteiger partial charge in [0.15, 0.2) is 0 Å². The molecule has 5 rings (SSSR count). The van der Waals surface area contributed by atoms with Crippen molar-refractivity contribution in [2.75, 3.05) is 26.2 Å². The molecule has 4 aliphatic heterocycles. The van der Waals surface area contributed by atoms with Gasteiger partial charge in [-0.15, -0.1) is 0 Å². The molecule has 1 aromatic carbocycles. The zero-order chi connectivity index (χ0) is 14.1. The Morgan fingerprint density at radius 1 is 1.00 bits per heavy atom. The van der Waals surface area contributed by atoms with E-state index in [1.807, 2.05) is 6.07 Å². The van der Waals surface area contributed by atoms with Crippen LogP contribution in [0.1, 0.15) is 32.0 Å². The first kappa shape index (κ1) is 12.5. The standard InChI is InChI=1S/C16H22N2O2/c1-15-6-16(2)9-17(7-15)14(18(8-15)10-16)12-4-3-11(19)5-13(12)20/h3-5,14,19-20H,6-10H2,1-2H3. The number of aromatic hydroxyl groups is 2. The van der Waals surface area contributed by atoms with Crippen LogP contribution in [0.3, 0.4) is 0 Å². The lowest BCUT2D eigenvalue weighted by Crippen LogP contribution is -2.70. The highest BCUT2D eigenvalue weighted by molar-refractivity contribution is 5.41. The molecular formula is C16H22N2O2. The lowest BCUT2D eigenvalue weighted by atomic mass is 9.63. The highest BCUT2D eigenvalue weighted by Crippen LogP contribution is 2.54. The second-order valence-electron chi connectivity index (χ2n) is 7.72. The van der Waals surface area contributed by atoms with Crippen LogP contribution in [0.4, 0.5) is 0 Å². The molecule has 108 valence electrons. The highest BCUT2D eigenvalue weighted by Gasteiger charge is 2.56. The van der Waals surface area contributed by atoms with Gasteiger partial charge in [-0.1, -0.05) is 13.8 Å². The Morgan fingerprint density at radius 2 is 1.55 bits per heavy atom. The summed E-state index contributed by atoms with van der Waals surface area (Å²) in [7, 11) is 0. The Balaban J connectivity index is 1.74. The van der Waals surface area contributed by atoms with E-state index in [1.54, 1.807) is 6.07 Å². The molecule has 4 heteroatoms. The Kier molecular flexibility index (Phi) is 2.30. The Labute approximate surface area is 119 Å². The summed E-state index contributed by atoms with van der Waals surface area (Å²) < 4.78 is 0. The van der Waals surface area contributed by atoms with Crippen LogP contribution in [0, 0.1) is 10.8 Å². The van der Waals surface area contributed by atoms with E-state index in [4.69, 9.17) is 0 Å². The number of hydrogen-bond donors (Lipinski definition) is 2. The molecule has 0 unspecified atom stereocenters. The van der Waals surface area contributed by atoms with Gasteiger partial charge < -0.3 is 10.2 Å². The first-order valence-electron chi connectivity index (χ1n) is 7.38. The van der Waals surface area contributed by atoms with Gasteiger partial charge >= 0.3 is 0 Å². The fourth-order valence-electron chi connectivity index (χ4n) is 5.15. The minimum absolute atomic E-state index is 0.124. The summed E-state index contributed by atoms with van der Waals surface area (Å²) in [5, 5.41) is 19.7. The molecule has 4 saturated heterocycles. The third-order valence-electron chi connectivity index (χ3n) is 5.18. The van der Waals surface area contributed by atoms with Crippen LogP contribution in [0.25, 0.3) is 0 Å². The minimum Gasteiger partial charge on any atom is -0.508 e. The third kappa shape index (κ3) is 1.68. The van der Waals surface area contributed by atoms with E-state index in [0.717, 1.165) is 31.7 Å². The molecule has 4 fully saturated rings. The van der Waals surface area contributed by atoms with Gasteiger partial charge in [-0.05, 0) is 29.4 Å². The van der Waals surface area contributed by atoms with E-state index in [-0.39, 0.29) is 17.7 Å². The maximum atomic E-state index is 10.2. The first-order chi connectivity index (χ1) is 9.38. The van der Waals surface area contributed by atoms with Gasteiger partial charge in [0, 0.05) is 37.8 Å². The van der Waals surface area contributed by atoms with Gasteiger partial charge in [0.05, 0.1) is 6.17 Å². The fraction of sp³-hybridized carbons (Fsp3) is 0.625. The summed E-state index contributed by atoms with van der Waals surface area (Å²) >= 11 is 0. The van der Waals surface area contributed by atoms with Gasteiger partial charge in [0.2, 0.25) is 0 Å². The van der Waals surface area contributed by atoms with Crippen LogP contribution in [-0.2, 0) is 0 Å². The van der Waals surface area contributed by atoms with E-state index in [1.165, 1.54) is 12.5 Å². The predicted molar refractivity (Wildman–Crippen MR) is 76.5 cm³/mol. The number of phenolic OH excluding ortho intramolecular Hbond substituents is 2. The van der Waals surface area contributed by atoms with Crippen molar-refractivity contribution in [2.45, 2.75) is 26.4 Å². The predicted octanol–water partition coefficient (Wildman–Crippen LogP) is 2.14. The van der Waals surface area contributed by atoms with E-state index in [0.29, 0.717) is 10.8 Å². The monoisotopic (exact) mass is 274 g/mol.